The number of carbonyl (C=O) groups excluding carboxylic acids is 1. The first kappa shape index (κ1) is 13.7. The van der Waals surface area contributed by atoms with Crippen LogP contribution < -0.4 is 10.2 Å². The highest BCUT2D eigenvalue weighted by Gasteiger charge is 2.39. The van der Waals surface area contributed by atoms with Gasteiger partial charge < -0.3 is 9.84 Å². The van der Waals surface area contributed by atoms with Crippen molar-refractivity contribution in [1.82, 2.24) is 5.43 Å². The highest BCUT2D eigenvalue weighted by molar-refractivity contribution is 5.84. The normalized spacial score (nSPS) is 26.4. The Hall–Kier alpha value is -2.30. The van der Waals surface area contributed by atoms with Crippen molar-refractivity contribution in [2.75, 3.05) is 7.11 Å². The molecule has 3 atom stereocenters. The summed E-state index contributed by atoms with van der Waals surface area (Å²) in [7, 11) is 1.49. The summed E-state index contributed by atoms with van der Waals surface area (Å²) in [6.45, 7) is 0. The number of nitrogens with one attached hydrogen (secondary N) is 1. The highest BCUT2D eigenvalue weighted by atomic mass is 16.5. The number of amides is 1. The Kier molecular flexibility index (Phi) is 3.64. The number of ether oxygens (including phenoxy) is 1. The Labute approximate surface area is 123 Å². The minimum atomic E-state index is -0.0196. The van der Waals surface area contributed by atoms with Gasteiger partial charge in [-0.2, -0.15) is 5.10 Å². The van der Waals surface area contributed by atoms with Crippen LogP contribution in [0.15, 0.2) is 35.5 Å². The second kappa shape index (κ2) is 5.60. The van der Waals surface area contributed by atoms with E-state index in [2.05, 4.69) is 22.7 Å². The van der Waals surface area contributed by atoms with Gasteiger partial charge in [0.1, 0.15) is 0 Å². The van der Waals surface area contributed by atoms with Crippen molar-refractivity contribution >= 4 is 12.1 Å². The van der Waals surface area contributed by atoms with E-state index in [-0.39, 0.29) is 17.6 Å². The van der Waals surface area contributed by atoms with Crippen molar-refractivity contribution < 1.29 is 14.6 Å². The summed E-state index contributed by atoms with van der Waals surface area (Å²) in [4.78, 5) is 12.1. The predicted molar refractivity (Wildman–Crippen MR) is 79.2 cm³/mol. The molecular formula is C16H18N2O3. The van der Waals surface area contributed by atoms with Gasteiger partial charge in [-0.05, 0) is 48.4 Å². The number of hydrazone groups is 1. The Morgan fingerprint density at radius 1 is 1.43 bits per heavy atom. The quantitative estimate of drug-likeness (QED) is 0.505. The molecule has 0 heterocycles. The molecule has 1 saturated carbocycles. The van der Waals surface area contributed by atoms with Crippen molar-refractivity contribution in [1.29, 1.82) is 0 Å². The standard InChI is InChI=1S/C16H18N2O3/c1-21-15-8-11(3-5-14(15)19)9-17-18-16(20)13-7-10-2-4-12(13)6-10/h2-5,8-10,12-13,19H,6-7H2,1H3,(H,18,20)/b17-9+. The number of carbonyl (C=O) groups is 1. The van der Waals surface area contributed by atoms with Gasteiger partial charge in [-0.25, -0.2) is 5.43 Å². The molecule has 1 aromatic rings. The summed E-state index contributed by atoms with van der Waals surface area (Å²) in [5, 5.41) is 13.5. The number of aromatic hydroxyl groups is 1. The lowest BCUT2D eigenvalue weighted by Gasteiger charge is -2.15. The zero-order valence-corrected chi connectivity index (χ0v) is 11.8. The van der Waals surface area contributed by atoms with Crippen LogP contribution in [0.4, 0.5) is 0 Å². The molecule has 1 amide bonds. The zero-order valence-electron chi connectivity index (χ0n) is 11.8. The van der Waals surface area contributed by atoms with Crippen LogP contribution in [-0.4, -0.2) is 24.3 Å². The molecule has 1 aromatic carbocycles. The summed E-state index contributed by atoms with van der Waals surface area (Å²) >= 11 is 0. The first-order valence-electron chi connectivity index (χ1n) is 7.05. The molecule has 21 heavy (non-hydrogen) atoms. The number of allylic oxidation sites excluding steroid dienone is 2. The predicted octanol–water partition coefficient (Wildman–Crippen LogP) is 2.06. The molecule has 110 valence electrons. The van der Waals surface area contributed by atoms with Crippen molar-refractivity contribution in [3.8, 4) is 11.5 Å². The number of rotatable bonds is 4. The average Bonchev–Trinajstić information content (AvgIpc) is 3.11. The Morgan fingerprint density at radius 2 is 2.29 bits per heavy atom. The summed E-state index contributed by atoms with van der Waals surface area (Å²) < 4.78 is 5.02. The minimum Gasteiger partial charge on any atom is -0.504 e. The molecule has 0 aliphatic heterocycles. The van der Waals surface area contributed by atoms with Gasteiger partial charge >= 0.3 is 0 Å². The zero-order chi connectivity index (χ0) is 14.8. The smallest absolute Gasteiger partial charge is 0.243 e. The number of nitrogens with zero attached hydrogens (tertiary/aromatic N) is 1. The van der Waals surface area contributed by atoms with Crippen LogP contribution in [0.25, 0.3) is 0 Å². The van der Waals surface area contributed by atoms with E-state index in [4.69, 9.17) is 4.74 Å². The number of hydrogen-bond acceptors (Lipinski definition) is 4. The minimum absolute atomic E-state index is 0.0196. The Bertz CT molecular complexity index is 610. The van der Waals surface area contributed by atoms with Crippen LogP contribution in [0.1, 0.15) is 18.4 Å². The lowest BCUT2D eigenvalue weighted by Crippen LogP contribution is -2.29. The largest absolute Gasteiger partial charge is 0.504 e. The number of benzene rings is 1. The van der Waals surface area contributed by atoms with Gasteiger partial charge in [0.05, 0.1) is 13.3 Å². The third kappa shape index (κ3) is 2.77. The van der Waals surface area contributed by atoms with E-state index in [0.717, 1.165) is 18.4 Å². The van der Waals surface area contributed by atoms with Gasteiger partial charge in [-0.1, -0.05) is 12.2 Å². The lowest BCUT2D eigenvalue weighted by molar-refractivity contribution is -0.125. The number of phenols is 1. The first-order valence-corrected chi connectivity index (χ1v) is 7.05. The van der Waals surface area contributed by atoms with E-state index in [1.54, 1.807) is 18.3 Å². The second-order valence-corrected chi connectivity index (χ2v) is 5.55. The van der Waals surface area contributed by atoms with Crippen LogP contribution in [0.5, 0.6) is 11.5 Å². The fourth-order valence-electron chi connectivity index (χ4n) is 3.11. The molecule has 5 heteroatoms. The van der Waals surface area contributed by atoms with Gasteiger partial charge in [-0.3, -0.25) is 4.79 Å². The molecule has 0 spiro atoms. The monoisotopic (exact) mass is 286 g/mol. The second-order valence-electron chi connectivity index (χ2n) is 5.55. The number of fused-ring (bicyclic) bond motifs is 2. The van der Waals surface area contributed by atoms with E-state index in [1.165, 1.54) is 13.2 Å². The van der Waals surface area contributed by atoms with Crippen LogP contribution in [0.2, 0.25) is 0 Å². The van der Waals surface area contributed by atoms with E-state index in [9.17, 15) is 9.90 Å². The van der Waals surface area contributed by atoms with Crippen LogP contribution in [-0.2, 0) is 4.79 Å². The molecule has 0 aromatic heterocycles. The Balaban J connectivity index is 1.59. The van der Waals surface area contributed by atoms with Gasteiger partial charge in [0.25, 0.3) is 0 Å². The van der Waals surface area contributed by atoms with Crippen molar-refractivity contribution in [2.24, 2.45) is 22.9 Å². The fraction of sp³-hybridized carbons (Fsp3) is 0.375. The van der Waals surface area contributed by atoms with Crippen LogP contribution >= 0.6 is 0 Å². The van der Waals surface area contributed by atoms with Crippen molar-refractivity contribution in [3.63, 3.8) is 0 Å². The average molecular weight is 286 g/mol. The maximum absolute atomic E-state index is 12.1. The Morgan fingerprint density at radius 3 is 2.95 bits per heavy atom. The van der Waals surface area contributed by atoms with E-state index < -0.39 is 0 Å². The van der Waals surface area contributed by atoms with Gasteiger partial charge in [0.2, 0.25) is 5.91 Å². The molecule has 0 saturated heterocycles. The maximum atomic E-state index is 12.1. The van der Waals surface area contributed by atoms with Gasteiger partial charge in [-0.15, -0.1) is 0 Å². The lowest BCUT2D eigenvalue weighted by atomic mass is 9.93. The molecule has 5 nitrogen and oxygen atoms in total. The highest BCUT2D eigenvalue weighted by Crippen LogP contribution is 2.43. The SMILES string of the molecule is COc1cc(/C=N/NC(=O)C2CC3C=CC2C3)ccc1O. The molecule has 3 rings (SSSR count). The molecular weight excluding hydrogens is 268 g/mol. The molecule has 2 bridgehead atoms. The van der Waals surface area contributed by atoms with Gasteiger partial charge in [0, 0.05) is 5.92 Å². The van der Waals surface area contributed by atoms with E-state index >= 15 is 0 Å². The third-order valence-electron chi connectivity index (χ3n) is 4.21. The molecule has 3 unspecified atom stereocenters. The van der Waals surface area contributed by atoms with Crippen LogP contribution in [0.3, 0.4) is 0 Å². The number of methoxy groups -OCH3 is 1. The molecule has 1 fully saturated rings. The van der Waals surface area contributed by atoms with Gasteiger partial charge in [0.15, 0.2) is 11.5 Å². The summed E-state index contributed by atoms with van der Waals surface area (Å²) in [5.74, 6) is 1.42. The van der Waals surface area contributed by atoms with E-state index in [1.807, 2.05) is 0 Å². The number of hydrogen-bond donors (Lipinski definition) is 2. The molecule has 2 aliphatic carbocycles. The maximum Gasteiger partial charge on any atom is 0.243 e. The topological polar surface area (TPSA) is 70.9 Å². The fourth-order valence-corrected chi connectivity index (χ4v) is 3.11. The molecule has 2 aliphatic rings. The molecule has 0 radical (unpaired) electrons. The first-order chi connectivity index (χ1) is 10.2. The third-order valence-corrected chi connectivity index (χ3v) is 4.21. The van der Waals surface area contributed by atoms with E-state index in [0.29, 0.717) is 17.6 Å². The summed E-state index contributed by atoms with van der Waals surface area (Å²) in [5.41, 5.74) is 3.35. The van der Waals surface area contributed by atoms with Crippen molar-refractivity contribution in [2.45, 2.75) is 12.8 Å². The summed E-state index contributed by atoms with van der Waals surface area (Å²) in [6, 6.07) is 4.89. The van der Waals surface area contributed by atoms with Crippen LogP contribution in [0, 0.1) is 17.8 Å². The number of phenolic OH excluding ortho intramolecular Hbond substituents is 1. The molecule has 2 N–H and O–H groups in total. The summed E-state index contributed by atoms with van der Waals surface area (Å²) in [6.07, 6.45) is 7.92. The van der Waals surface area contributed by atoms with Crippen molar-refractivity contribution in [3.05, 3.63) is 35.9 Å².